The summed E-state index contributed by atoms with van der Waals surface area (Å²) in [5, 5.41) is 3.81. The molecule has 0 amide bonds. The summed E-state index contributed by atoms with van der Waals surface area (Å²) in [7, 11) is 0. The molecule has 2 nitrogen and oxygen atoms in total. The molecule has 1 atom stereocenters. The highest BCUT2D eigenvalue weighted by molar-refractivity contribution is 7.99. The summed E-state index contributed by atoms with van der Waals surface area (Å²) >= 11 is 2.07. The van der Waals surface area contributed by atoms with Crippen molar-refractivity contribution in [2.24, 2.45) is 5.41 Å². The zero-order chi connectivity index (χ0) is 11.4. The third kappa shape index (κ3) is 1.42. The average molecular weight is 253 g/mol. The number of thioether (sulfide) groups is 1. The van der Waals surface area contributed by atoms with E-state index < -0.39 is 0 Å². The monoisotopic (exact) mass is 253 g/mol. The van der Waals surface area contributed by atoms with E-state index in [0.717, 1.165) is 0 Å². The standard InChI is InChI=1S/C14H23NOS/c1-4-12(5-1)10-15-14(8-3-9-17-11-14)16-13(12)6-2-7-13/h15H,1-11H2. The number of rotatable bonds is 0. The molecule has 17 heavy (non-hydrogen) atoms. The average Bonchev–Trinajstić information content (AvgIpc) is 2.26. The number of nitrogens with one attached hydrogen (secondary N) is 1. The lowest BCUT2D eigenvalue weighted by Crippen LogP contribution is -2.74. The van der Waals surface area contributed by atoms with E-state index in [0.29, 0.717) is 5.41 Å². The Kier molecular flexibility index (Phi) is 2.38. The fourth-order valence-electron chi connectivity index (χ4n) is 4.36. The summed E-state index contributed by atoms with van der Waals surface area (Å²) in [5.74, 6) is 2.50. The topological polar surface area (TPSA) is 21.3 Å². The van der Waals surface area contributed by atoms with Crippen LogP contribution in [-0.4, -0.2) is 29.4 Å². The summed E-state index contributed by atoms with van der Waals surface area (Å²) in [6.45, 7) is 1.23. The Morgan fingerprint density at radius 1 is 0.941 bits per heavy atom. The van der Waals surface area contributed by atoms with Gasteiger partial charge in [-0.15, -0.1) is 0 Å². The molecule has 0 aromatic heterocycles. The first-order chi connectivity index (χ1) is 8.29. The van der Waals surface area contributed by atoms with Gasteiger partial charge in [-0.3, -0.25) is 5.32 Å². The van der Waals surface area contributed by atoms with Crippen LogP contribution in [0.1, 0.15) is 51.4 Å². The van der Waals surface area contributed by atoms with E-state index in [9.17, 15) is 0 Å². The summed E-state index contributed by atoms with van der Waals surface area (Å²) < 4.78 is 6.76. The molecule has 2 saturated heterocycles. The molecule has 0 aromatic carbocycles. The van der Waals surface area contributed by atoms with E-state index in [1.807, 2.05) is 0 Å². The molecule has 2 heterocycles. The lowest BCUT2D eigenvalue weighted by molar-refractivity contribution is -0.301. The molecule has 3 heteroatoms. The second-order valence-corrected chi connectivity index (χ2v) is 7.69. The Labute approximate surface area is 108 Å². The zero-order valence-electron chi connectivity index (χ0n) is 10.6. The lowest BCUT2D eigenvalue weighted by Gasteiger charge is -2.67. The molecule has 4 rings (SSSR count). The van der Waals surface area contributed by atoms with Gasteiger partial charge >= 0.3 is 0 Å². The Bertz CT molecular complexity index is 316. The molecule has 2 aliphatic heterocycles. The Hall–Kier alpha value is 0.270. The van der Waals surface area contributed by atoms with E-state index in [1.165, 1.54) is 69.4 Å². The van der Waals surface area contributed by atoms with Crippen molar-refractivity contribution in [3.63, 3.8) is 0 Å². The number of hydrogen-bond acceptors (Lipinski definition) is 3. The molecule has 96 valence electrons. The highest BCUT2D eigenvalue weighted by Crippen LogP contribution is 2.62. The minimum absolute atomic E-state index is 0.0458. The van der Waals surface area contributed by atoms with Crippen molar-refractivity contribution in [2.75, 3.05) is 18.1 Å². The van der Waals surface area contributed by atoms with Gasteiger partial charge in [0, 0.05) is 17.7 Å². The molecule has 0 bridgehead atoms. The predicted molar refractivity (Wildman–Crippen MR) is 71.2 cm³/mol. The van der Waals surface area contributed by atoms with Crippen molar-refractivity contribution in [2.45, 2.75) is 62.7 Å². The third-order valence-corrected chi connectivity index (χ3v) is 7.03. The summed E-state index contributed by atoms with van der Waals surface area (Å²) in [4.78, 5) is 0. The van der Waals surface area contributed by atoms with Crippen LogP contribution >= 0.6 is 11.8 Å². The van der Waals surface area contributed by atoms with Crippen molar-refractivity contribution in [1.82, 2.24) is 5.32 Å². The van der Waals surface area contributed by atoms with E-state index in [4.69, 9.17) is 4.74 Å². The largest absolute Gasteiger partial charge is 0.353 e. The van der Waals surface area contributed by atoms with Crippen LogP contribution in [0, 0.1) is 5.41 Å². The minimum atomic E-state index is 0.0458. The SMILES string of the molecule is C1CSCC2(C1)NCC1(CCC1)C1(CCC1)O2. The van der Waals surface area contributed by atoms with Crippen LogP contribution in [0.4, 0.5) is 0 Å². The summed E-state index contributed by atoms with van der Waals surface area (Å²) in [6, 6.07) is 0. The molecule has 2 saturated carbocycles. The lowest BCUT2D eigenvalue weighted by atomic mass is 9.51. The molecule has 4 fully saturated rings. The molecular weight excluding hydrogens is 230 g/mol. The summed E-state index contributed by atoms with van der Waals surface area (Å²) in [5.41, 5.74) is 0.858. The van der Waals surface area contributed by atoms with Crippen LogP contribution in [-0.2, 0) is 4.74 Å². The zero-order valence-corrected chi connectivity index (χ0v) is 11.4. The van der Waals surface area contributed by atoms with Gasteiger partial charge in [-0.1, -0.05) is 6.42 Å². The third-order valence-electron chi connectivity index (χ3n) is 5.78. The van der Waals surface area contributed by atoms with Crippen molar-refractivity contribution in [1.29, 1.82) is 0 Å². The molecule has 2 aliphatic carbocycles. The Morgan fingerprint density at radius 3 is 2.29 bits per heavy atom. The predicted octanol–water partition coefficient (Wildman–Crippen LogP) is 2.92. The van der Waals surface area contributed by atoms with Crippen LogP contribution in [0.25, 0.3) is 0 Å². The number of ether oxygens (including phenoxy) is 1. The molecule has 3 spiro atoms. The van der Waals surface area contributed by atoms with E-state index in [2.05, 4.69) is 17.1 Å². The molecule has 4 aliphatic rings. The molecule has 1 unspecified atom stereocenters. The van der Waals surface area contributed by atoms with E-state index >= 15 is 0 Å². The van der Waals surface area contributed by atoms with Gasteiger partial charge in [0.15, 0.2) is 0 Å². The second kappa shape index (κ2) is 3.64. The Balaban J connectivity index is 1.60. The van der Waals surface area contributed by atoms with Gasteiger partial charge in [0.1, 0.15) is 5.72 Å². The quantitative estimate of drug-likeness (QED) is 0.717. The maximum atomic E-state index is 6.76. The minimum Gasteiger partial charge on any atom is -0.353 e. The molecule has 0 radical (unpaired) electrons. The van der Waals surface area contributed by atoms with Gasteiger partial charge in [0.05, 0.1) is 5.60 Å². The second-order valence-electron chi connectivity index (χ2n) is 6.59. The first-order valence-electron chi connectivity index (χ1n) is 7.31. The normalized spacial score (nSPS) is 42.4. The van der Waals surface area contributed by atoms with Crippen LogP contribution in [0.15, 0.2) is 0 Å². The van der Waals surface area contributed by atoms with Crippen molar-refractivity contribution < 1.29 is 4.74 Å². The van der Waals surface area contributed by atoms with E-state index in [-0.39, 0.29) is 11.3 Å². The fourth-order valence-corrected chi connectivity index (χ4v) is 5.49. The van der Waals surface area contributed by atoms with Crippen LogP contribution in [0.2, 0.25) is 0 Å². The van der Waals surface area contributed by atoms with Gasteiger partial charge in [-0.2, -0.15) is 11.8 Å². The van der Waals surface area contributed by atoms with Gasteiger partial charge in [0.25, 0.3) is 0 Å². The summed E-state index contributed by atoms with van der Waals surface area (Å²) in [6.07, 6.45) is 10.9. The van der Waals surface area contributed by atoms with Crippen molar-refractivity contribution >= 4 is 11.8 Å². The van der Waals surface area contributed by atoms with Crippen LogP contribution in [0.3, 0.4) is 0 Å². The maximum absolute atomic E-state index is 6.76. The van der Waals surface area contributed by atoms with Crippen LogP contribution in [0.5, 0.6) is 0 Å². The van der Waals surface area contributed by atoms with Gasteiger partial charge in [-0.05, 0) is 50.7 Å². The van der Waals surface area contributed by atoms with Gasteiger partial charge in [-0.25, -0.2) is 0 Å². The number of fused-ring (bicyclic) bond motifs is 1. The first-order valence-corrected chi connectivity index (χ1v) is 8.47. The first kappa shape index (κ1) is 11.1. The van der Waals surface area contributed by atoms with Gasteiger partial charge < -0.3 is 4.74 Å². The van der Waals surface area contributed by atoms with Crippen molar-refractivity contribution in [3.05, 3.63) is 0 Å². The molecule has 0 aromatic rings. The smallest absolute Gasteiger partial charge is 0.129 e. The highest BCUT2D eigenvalue weighted by atomic mass is 32.2. The highest BCUT2D eigenvalue weighted by Gasteiger charge is 2.63. The Morgan fingerprint density at radius 2 is 1.76 bits per heavy atom. The van der Waals surface area contributed by atoms with Crippen molar-refractivity contribution in [3.8, 4) is 0 Å². The number of hydrogen-bond donors (Lipinski definition) is 1. The van der Waals surface area contributed by atoms with Crippen LogP contribution < -0.4 is 5.32 Å². The fraction of sp³-hybridized carbons (Fsp3) is 1.00. The molecular formula is C14H23NOS. The van der Waals surface area contributed by atoms with Gasteiger partial charge in [0.2, 0.25) is 0 Å². The van der Waals surface area contributed by atoms with E-state index in [1.54, 1.807) is 0 Å². The maximum Gasteiger partial charge on any atom is 0.129 e. The molecule has 1 N–H and O–H groups in total.